The third kappa shape index (κ3) is 2.59. The number of hydrogen-bond donors (Lipinski definition) is 0. The van der Waals surface area contributed by atoms with E-state index in [9.17, 15) is 9.59 Å². The molecule has 1 aromatic rings. The van der Waals surface area contributed by atoms with E-state index >= 15 is 0 Å². The first-order valence-corrected chi connectivity index (χ1v) is 6.94. The lowest BCUT2D eigenvalue weighted by Crippen LogP contribution is -2.35. The van der Waals surface area contributed by atoms with Gasteiger partial charge in [-0.15, -0.1) is 0 Å². The number of ether oxygens (including phenoxy) is 2. The topological polar surface area (TPSA) is 55.8 Å². The van der Waals surface area contributed by atoms with Gasteiger partial charge in [-0.2, -0.15) is 0 Å². The normalized spacial score (nSPS) is 27.1. The van der Waals surface area contributed by atoms with Crippen LogP contribution in [0.15, 0.2) is 30.3 Å². The second-order valence-corrected chi connectivity index (χ2v) is 5.03. The minimum absolute atomic E-state index is 0.0909. The summed E-state index contributed by atoms with van der Waals surface area (Å²) in [5.41, 5.74) is 0.596. The van der Waals surface area contributed by atoms with Crippen molar-refractivity contribution in [3.8, 4) is 0 Å². The second kappa shape index (κ2) is 5.73. The van der Waals surface area contributed by atoms with Gasteiger partial charge in [0.25, 0.3) is 5.91 Å². The van der Waals surface area contributed by atoms with Gasteiger partial charge in [0.15, 0.2) is 6.29 Å². The van der Waals surface area contributed by atoms with Crippen LogP contribution in [0.3, 0.4) is 0 Å². The van der Waals surface area contributed by atoms with E-state index < -0.39 is 6.10 Å². The highest BCUT2D eigenvalue weighted by atomic mass is 16.7. The maximum Gasteiger partial charge on any atom is 0.263 e. The Morgan fingerprint density at radius 2 is 1.95 bits per heavy atom. The highest BCUT2D eigenvalue weighted by molar-refractivity contribution is 6.22. The van der Waals surface area contributed by atoms with Crippen molar-refractivity contribution in [3.05, 3.63) is 30.3 Å². The molecule has 2 aliphatic heterocycles. The van der Waals surface area contributed by atoms with Crippen molar-refractivity contribution in [1.29, 1.82) is 0 Å². The fourth-order valence-corrected chi connectivity index (χ4v) is 2.56. The summed E-state index contributed by atoms with van der Waals surface area (Å²) in [6, 6.07) is 8.94. The van der Waals surface area contributed by atoms with Crippen LogP contribution in [-0.2, 0) is 19.1 Å². The summed E-state index contributed by atoms with van der Waals surface area (Å²) in [6.07, 6.45) is 1.85. The SMILES string of the molecule is O=C1CC(OC2CCCCO2)C(=O)N1c1ccccc1. The molecule has 0 spiro atoms. The Bertz CT molecular complexity index is 496. The molecule has 2 aliphatic rings. The highest BCUT2D eigenvalue weighted by Crippen LogP contribution is 2.26. The van der Waals surface area contributed by atoms with Crippen molar-refractivity contribution in [2.24, 2.45) is 0 Å². The predicted molar refractivity (Wildman–Crippen MR) is 72.0 cm³/mol. The molecule has 0 bridgehead atoms. The third-order valence-corrected chi connectivity index (χ3v) is 3.57. The van der Waals surface area contributed by atoms with E-state index in [1.807, 2.05) is 6.07 Å². The molecule has 2 fully saturated rings. The maximum absolute atomic E-state index is 12.3. The number of imide groups is 1. The number of anilines is 1. The van der Waals surface area contributed by atoms with Crippen LogP contribution in [0.4, 0.5) is 5.69 Å². The zero-order valence-electron chi connectivity index (χ0n) is 11.2. The number of nitrogens with zero attached hydrogens (tertiary/aromatic N) is 1. The van der Waals surface area contributed by atoms with Crippen molar-refractivity contribution < 1.29 is 19.1 Å². The van der Waals surface area contributed by atoms with Crippen molar-refractivity contribution in [2.75, 3.05) is 11.5 Å². The average Bonchev–Trinajstić information content (AvgIpc) is 2.75. The number of para-hydroxylation sites is 1. The van der Waals surface area contributed by atoms with Crippen LogP contribution >= 0.6 is 0 Å². The van der Waals surface area contributed by atoms with Gasteiger partial charge in [0.05, 0.1) is 12.1 Å². The van der Waals surface area contributed by atoms with Gasteiger partial charge in [-0.1, -0.05) is 18.2 Å². The first-order chi connectivity index (χ1) is 9.75. The number of hydrogen-bond acceptors (Lipinski definition) is 4. The zero-order valence-corrected chi connectivity index (χ0v) is 11.2. The van der Waals surface area contributed by atoms with Crippen molar-refractivity contribution in [3.63, 3.8) is 0 Å². The lowest BCUT2D eigenvalue weighted by atomic mass is 10.2. The molecule has 5 nitrogen and oxygen atoms in total. The molecule has 0 N–H and O–H groups in total. The first kappa shape index (κ1) is 13.3. The smallest absolute Gasteiger partial charge is 0.263 e. The molecule has 2 amide bonds. The molecule has 2 unspecified atom stereocenters. The fourth-order valence-electron chi connectivity index (χ4n) is 2.56. The second-order valence-electron chi connectivity index (χ2n) is 5.03. The Labute approximate surface area is 117 Å². The molecule has 106 valence electrons. The number of rotatable bonds is 3. The molecular formula is C15H17NO4. The Balaban J connectivity index is 1.70. The van der Waals surface area contributed by atoms with Crippen LogP contribution in [0.1, 0.15) is 25.7 Å². The maximum atomic E-state index is 12.3. The minimum Gasteiger partial charge on any atom is -0.353 e. The van der Waals surface area contributed by atoms with Crippen molar-refractivity contribution in [2.45, 2.75) is 38.1 Å². The van der Waals surface area contributed by atoms with Crippen LogP contribution in [0.2, 0.25) is 0 Å². The molecule has 2 atom stereocenters. The summed E-state index contributed by atoms with van der Waals surface area (Å²) < 4.78 is 11.1. The fraction of sp³-hybridized carbons (Fsp3) is 0.467. The molecule has 3 rings (SSSR count). The standard InChI is InChI=1S/C15H17NO4/c17-13-10-12(20-14-8-4-5-9-19-14)15(18)16(13)11-6-2-1-3-7-11/h1-3,6-7,12,14H,4-5,8-10H2. The molecule has 2 heterocycles. The predicted octanol–water partition coefficient (Wildman–Crippen LogP) is 1.86. The Hall–Kier alpha value is -1.72. The quantitative estimate of drug-likeness (QED) is 0.790. The molecule has 5 heteroatoms. The minimum atomic E-state index is -0.717. The van der Waals surface area contributed by atoms with Crippen molar-refractivity contribution in [1.82, 2.24) is 0 Å². The highest BCUT2D eigenvalue weighted by Gasteiger charge is 2.41. The number of amides is 2. The van der Waals surface area contributed by atoms with E-state index in [0.717, 1.165) is 19.3 Å². The molecule has 1 aromatic carbocycles. The summed E-state index contributed by atoms with van der Waals surface area (Å²) in [5.74, 6) is -0.516. The first-order valence-electron chi connectivity index (χ1n) is 6.94. The summed E-state index contributed by atoms with van der Waals surface area (Å²) in [7, 11) is 0. The molecule has 0 saturated carbocycles. The molecule has 2 saturated heterocycles. The van der Waals surface area contributed by atoms with E-state index in [1.54, 1.807) is 24.3 Å². The van der Waals surface area contributed by atoms with Crippen LogP contribution in [0.5, 0.6) is 0 Å². The average molecular weight is 275 g/mol. The van der Waals surface area contributed by atoms with Gasteiger partial charge in [-0.05, 0) is 31.4 Å². The molecule has 0 radical (unpaired) electrons. The molecule has 20 heavy (non-hydrogen) atoms. The Morgan fingerprint density at radius 3 is 2.65 bits per heavy atom. The van der Waals surface area contributed by atoms with Gasteiger partial charge >= 0.3 is 0 Å². The molecular weight excluding hydrogens is 258 g/mol. The van der Waals surface area contributed by atoms with Gasteiger partial charge in [0, 0.05) is 6.61 Å². The van der Waals surface area contributed by atoms with Crippen LogP contribution < -0.4 is 4.90 Å². The van der Waals surface area contributed by atoms with Gasteiger partial charge in [0.1, 0.15) is 6.10 Å². The van der Waals surface area contributed by atoms with Crippen LogP contribution in [0.25, 0.3) is 0 Å². The van der Waals surface area contributed by atoms with E-state index in [-0.39, 0.29) is 24.5 Å². The van der Waals surface area contributed by atoms with E-state index in [0.29, 0.717) is 12.3 Å². The Kier molecular flexibility index (Phi) is 3.80. The number of benzene rings is 1. The summed E-state index contributed by atoms with van der Waals surface area (Å²) in [5, 5.41) is 0. The van der Waals surface area contributed by atoms with Crippen LogP contribution in [-0.4, -0.2) is 30.8 Å². The summed E-state index contributed by atoms with van der Waals surface area (Å²) >= 11 is 0. The monoisotopic (exact) mass is 275 g/mol. The van der Waals surface area contributed by atoms with Crippen LogP contribution in [0, 0.1) is 0 Å². The summed E-state index contributed by atoms with van der Waals surface area (Å²) in [4.78, 5) is 25.5. The van der Waals surface area contributed by atoms with Gasteiger partial charge < -0.3 is 9.47 Å². The van der Waals surface area contributed by atoms with E-state index in [4.69, 9.17) is 9.47 Å². The van der Waals surface area contributed by atoms with Gasteiger partial charge in [-0.25, -0.2) is 4.90 Å². The van der Waals surface area contributed by atoms with E-state index in [1.165, 1.54) is 4.90 Å². The lowest BCUT2D eigenvalue weighted by molar-refractivity contribution is -0.188. The van der Waals surface area contributed by atoms with Crippen molar-refractivity contribution >= 4 is 17.5 Å². The van der Waals surface area contributed by atoms with Gasteiger partial charge in [-0.3, -0.25) is 9.59 Å². The zero-order chi connectivity index (χ0) is 13.9. The number of carbonyl (C=O) groups is 2. The lowest BCUT2D eigenvalue weighted by Gasteiger charge is -2.25. The Morgan fingerprint density at radius 1 is 1.15 bits per heavy atom. The third-order valence-electron chi connectivity index (χ3n) is 3.57. The van der Waals surface area contributed by atoms with E-state index in [2.05, 4.69) is 0 Å². The molecule has 0 aliphatic carbocycles. The summed E-state index contributed by atoms with van der Waals surface area (Å²) in [6.45, 7) is 0.655. The number of carbonyl (C=O) groups excluding carboxylic acids is 2. The molecule has 0 aromatic heterocycles. The van der Waals surface area contributed by atoms with Gasteiger partial charge in [0.2, 0.25) is 5.91 Å². The largest absolute Gasteiger partial charge is 0.353 e.